The monoisotopic (exact) mass is 278 g/mol. The van der Waals surface area contributed by atoms with Gasteiger partial charge in [-0.1, -0.05) is 45.1 Å². The first-order valence-corrected chi connectivity index (χ1v) is 8.43. The van der Waals surface area contributed by atoms with Gasteiger partial charge >= 0.3 is 5.97 Å². The molecule has 2 nitrogen and oxygen atoms in total. The molecule has 0 aromatic rings. The molecule has 2 fully saturated rings. The summed E-state index contributed by atoms with van der Waals surface area (Å²) in [5, 5.41) is 0. The van der Waals surface area contributed by atoms with Gasteiger partial charge in [0.2, 0.25) is 0 Å². The van der Waals surface area contributed by atoms with Gasteiger partial charge in [0.1, 0.15) is 5.60 Å². The average Bonchev–Trinajstić information content (AvgIpc) is 2.48. The number of rotatable bonds is 4. The van der Waals surface area contributed by atoms with Gasteiger partial charge in [0.15, 0.2) is 0 Å². The number of esters is 1. The number of hydrogen-bond donors (Lipinski definition) is 0. The number of hydrogen-bond acceptors (Lipinski definition) is 2. The third-order valence-corrected chi connectivity index (χ3v) is 5.49. The Hall–Kier alpha value is -0.790. The van der Waals surface area contributed by atoms with Crippen molar-refractivity contribution in [2.75, 3.05) is 0 Å². The number of carbonyl (C=O) groups excluding carboxylic acids is 1. The quantitative estimate of drug-likeness (QED) is 0.533. The highest BCUT2D eigenvalue weighted by Gasteiger charge is 2.45. The summed E-state index contributed by atoms with van der Waals surface area (Å²) in [5.74, 6) is 0.897. The first-order chi connectivity index (χ1) is 9.54. The molecule has 0 unspecified atom stereocenters. The van der Waals surface area contributed by atoms with Gasteiger partial charge in [-0.3, -0.25) is 0 Å². The normalized spacial score (nSPS) is 22.5. The number of carbonyl (C=O) groups is 1. The van der Waals surface area contributed by atoms with Crippen LogP contribution in [0.4, 0.5) is 0 Å². The Labute approximate surface area is 124 Å². The van der Waals surface area contributed by atoms with E-state index in [4.69, 9.17) is 4.74 Å². The molecule has 2 aliphatic carbocycles. The van der Waals surface area contributed by atoms with Crippen LogP contribution < -0.4 is 0 Å². The van der Waals surface area contributed by atoms with Crippen molar-refractivity contribution >= 4 is 5.97 Å². The fraction of sp³-hybridized carbons (Fsp3) is 0.833. The zero-order valence-corrected chi connectivity index (χ0v) is 13.2. The predicted octanol–water partition coefficient (Wildman–Crippen LogP) is 5.03. The second-order valence-electron chi connectivity index (χ2n) is 7.02. The molecule has 0 atom stereocenters. The van der Waals surface area contributed by atoms with Crippen LogP contribution >= 0.6 is 0 Å². The molecule has 114 valence electrons. The lowest BCUT2D eigenvalue weighted by atomic mass is 9.67. The fourth-order valence-corrected chi connectivity index (χ4v) is 4.14. The molecule has 0 radical (unpaired) electrons. The van der Waals surface area contributed by atoms with Crippen molar-refractivity contribution in [2.45, 2.75) is 83.7 Å². The van der Waals surface area contributed by atoms with E-state index in [1.165, 1.54) is 64.2 Å². The second kappa shape index (κ2) is 6.78. The second-order valence-corrected chi connectivity index (χ2v) is 7.02. The van der Waals surface area contributed by atoms with Gasteiger partial charge in [-0.15, -0.1) is 0 Å². The summed E-state index contributed by atoms with van der Waals surface area (Å²) < 4.78 is 6.04. The SMILES string of the molecule is C=C(C)C(=O)OC(C)(C1CCCCC1)C1CCCCC1. The standard InChI is InChI=1S/C18H30O2/c1-14(2)17(19)20-18(3,15-10-6-4-7-11-15)16-12-8-5-9-13-16/h15-16H,1,4-13H2,2-3H3. The van der Waals surface area contributed by atoms with Gasteiger partial charge in [-0.2, -0.15) is 0 Å². The maximum atomic E-state index is 12.1. The van der Waals surface area contributed by atoms with Gasteiger partial charge < -0.3 is 4.74 Å². The van der Waals surface area contributed by atoms with E-state index < -0.39 is 0 Å². The van der Waals surface area contributed by atoms with Crippen molar-refractivity contribution in [1.82, 2.24) is 0 Å². The topological polar surface area (TPSA) is 26.3 Å². The van der Waals surface area contributed by atoms with E-state index in [9.17, 15) is 4.79 Å². The smallest absolute Gasteiger partial charge is 0.333 e. The average molecular weight is 278 g/mol. The van der Waals surface area contributed by atoms with E-state index in [-0.39, 0.29) is 11.6 Å². The zero-order valence-electron chi connectivity index (χ0n) is 13.2. The maximum Gasteiger partial charge on any atom is 0.333 e. The van der Waals surface area contributed by atoms with E-state index in [1.54, 1.807) is 6.92 Å². The lowest BCUT2D eigenvalue weighted by molar-refractivity contribution is -0.171. The largest absolute Gasteiger partial charge is 0.455 e. The van der Waals surface area contributed by atoms with Crippen LogP contribution in [0.25, 0.3) is 0 Å². The summed E-state index contributed by atoms with van der Waals surface area (Å²) in [4.78, 5) is 12.1. The van der Waals surface area contributed by atoms with Gasteiger partial charge in [0.25, 0.3) is 0 Å². The van der Waals surface area contributed by atoms with Crippen molar-refractivity contribution in [2.24, 2.45) is 11.8 Å². The van der Waals surface area contributed by atoms with E-state index in [2.05, 4.69) is 13.5 Å². The van der Waals surface area contributed by atoms with Crippen molar-refractivity contribution in [3.63, 3.8) is 0 Å². The van der Waals surface area contributed by atoms with E-state index in [1.807, 2.05) is 0 Å². The minimum Gasteiger partial charge on any atom is -0.455 e. The van der Waals surface area contributed by atoms with Gasteiger partial charge in [0.05, 0.1) is 0 Å². The Morgan fingerprint density at radius 1 is 0.950 bits per heavy atom. The highest BCUT2D eigenvalue weighted by molar-refractivity contribution is 5.87. The summed E-state index contributed by atoms with van der Waals surface area (Å²) in [7, 11) is 0. The molecule has 0 bridgehead atoms. The van der Waals surface area contributed by atoms with E-state index in [0.717, 1.165) is 0 Å². The van der Waals surface area contributed by atoms with Crippen LogP contribution in [0.15, 0.2) is 12.2 Å². The Bertz CT molecular complexity index is 328. The molecule has 0 aromatic heterocycles. The molecule has 0 spiro atoms. The highest BCUT2D eigenvalue weighted by atomic mass is 16.6. The van der Waals surface area contributed by atoms with Crippen LogP contribution in [0, 0.1) is 11.8 Å². The zero-order chi connectivity index (χ0) is 14.6. The molecule has 0 saturated heterocycles. The van der Waals surface area contributed by atoms with Crippen LogP contribution in [0.1, 0.15) is 78.1 Å². The predicted molar refractivity (Wildman–Crippen MR) is 82.5 cm³/mol. The van der Waals surface area contributed by atoms with Gasteiger partial charge in [-0.05, 0) is 51.4 Å². The van der Waals surface area contributed by atoms with Crippen LogP contribution in [-0.4, -0.2) is 11.6 Å². The van der Waals surface area contributed by atoms with Crippen molar-refractivity contribution in [3.8, 4) is 0 Å². The molecule has 2 saturated carbocycles. The Kier molecular flexibility index (Phi) is 5.29. The molecule has 20 heavy (non-hydrogen) atoms. The number of ether oxygens (including phenoxy) is 1. The first kappa shape index (κ1) is 15.6. The minimum atomic E-state index is -0.267. The molecular weight excluding hydrogens is 248 g/mol. The lowest BCUT2D eigenvalue weighted by Gasteiger charge is -2.46. The van der Waals surface area contributed by atoms with Crippen molar-refractivity contribution in [1.29, 1.82) is 0 Å². The molecule has 0 aromatic carbocycles. The molecule has 2 heteroatoms. The molecule has 2 rings (SSSR count). The van der Waals surface area contributed by atoms with E-state index >= 15 is 0 Å². The maximum absolute atomic E-state index is 12.1. The summed E-state index contributed by atoms with van der Waals surface area (Å²) in [6, 6.07) is 0. The van der Waals surface area contributed by atoms with Crippen LogP contribution in [0.2, 0.25) is 0 Å². The van der Waals surface area contributed by atoms with Crippen molar-refractivity contribution < 1.29 is 9.53 Å². The van der Waals surface area contributed by atoms with Gasteiger partial charge in [-0.25, -0.2) is 4.79 Å². The first-order valence-electron chi connectivity index (χ1n) is 8.43. The van der Waals surface area contributed by atoms with Crippen LogP contribution in [-0.2, 0) is 9.53 Å². The molecular formula is C18H30O2. The van der Waals surface area contributed by atoms with Crippen LogP contribution in [0.5, 0.6) is 0 Å². The molecule has 0 N–H and O–H groups in total. The lowest BCUT2D eigenvalue weighted by Crippen LogP contribution is -2.48. The summed E-state index contributed by atoms with van der Waals surface area (Å²) in [6.07, 6.45) is 12.7. The minimum absolute atomic E-state index is 0.191. The summed E-state index contributed by atoms with van der Waals surface area (Å²) >= 11 is 0. The van der Waals surface area contributed by atoms with Crippen molar-refractivity contribution in [3.05, 3.63) is 12.2 Å². The van der Waals surface area contributed by atoms with Gasteiger partial charge in [0, 0.05) is 5.57 Å². The Balaban J connectivity index is 2.16. The summed E-state index contributed by atoms with van der Waals surface area (Å²) in [6.45, 7) is 7.72. The third kappa shape index (κ3) is 3.45. The Morgan fingerprint density at radius 3 is 1.70 bits per heavy atom. The highest BCUT2D eigenvalue weighted by Crippen LogP contribution is 2.45. The molecule has 0 heterocycles. The fourth-order valence-electron chi connectivity index (χ4n) is 4.14. The van der Waals surface area contributed by atoms with Crippen LogP contribution in [0.3, 0.4) is 0 Å². The Morgan fingerprint density at radius 2 is 1.35 bits per heavy atom. The van der Waals surface area contributed by atoms with E-state index in [0.29, 0.717) is 17.4 Å². The molecule has 0 amide bonds. The summed E-state index contributed by atoms with van der Waals surface area (Å²) in [5.41, 5.74) is 0.263. The third-order valence-electron chi connectivity index (χ3n) is 5.49. The molecule has 2 aliphatic rings. The molecule has 0 aliphatic heterocycles.